The van der Waals surface area contributed by atoms with E-state index in [1.807, 2.05) is 13.0 Å². The first-order valence-electron chi connectivity index (χ1n) is 8.68. The van der Waals surface area contributed by atoms with Crippen molar-refractivity contribution >= 4 is 16.0 Å². The topological polar surface area (TPSA) is 96.6 Å². The van der Waals surface area contributed by atoms with Crippen LogP contribution in [0.3, 0.4) is 0 Å². The fraction of sp³-hybridized carbons (Fsp3) is 0.611. The summed E-state index contributed by atoms with van der Waals surface area (Å²) in [5.74, 6) is 0.727. The smallest absolute Gasteiger partial charge is 0.238 e. The van der Waals surface area contributed by atoms with Gasteiger partial charge in [-0.15, -0.1) is 0 Å². The number of benzene rings is 1. The minimum Gasteiger partial charge on any atom is -0.357 e. The standard InChI is InChI=1S/C18H32N4O2S/c1-6-20-17(22-14(2)10-11-18(3,4)5)21-13-15-8-7-9-16(12-15)25(19,23)24/h7-9,12,14H,6,10-11,13H2,1-5H3,(H2,19,23,24)(H2,20,21,22). The van der Waals surface area contributed by atoms with E-state index in [9.17, 15) is 8.42 Å². The quantitative estimate of drug-likeness (QED) is 0.509. The lowest BCUT2D eigenvalue weighted by molar-refractivity contribution is 0.346. The van der Waals surface area contributed by atoms with Crippen molar-refractivity contribution < 1.29 is 8.42 Å². The van der Waals surface area contributed by atoms with E-state index in [1.165, 1.54) is 6.07 Å². The first kappa shape index (κ1) is 21.4. The highest BCUT2D eigenvalue weighted by atomic mass is 32.2. The number of guanidine groups is 1. The number of rotatable bonds is 7. The molecule has 0 radical (unpaired) electrons. The third-order valence-corrected chi connectivity index (χ3v) is 4.61. The molecule has 25 heavy (non-hydrogen) atoms. The van der Waals surface area contributed by atoms with Crippen molar-refractivity contribution in [3.63, 3.8) is 0 Å². The van der Waals surface area contributed by atoms with Gasteiger partial charge in [-0.25, -0.2) is 18.5 Å². The maximum atomic E-state index is 11.4. The molecule has 0 heterocycles. The summed E-state index contributed by atoms with van der Waals surface area (Å²) in [5, 5.41) is 11.8. The Bertz CT molecular complexity index is 679. The van der Waals surface area contributed by atoms with Crippen LogP contribution in [0.5, 0.6) is 0 Å². The molecule has 7 heteroatoms. The molecule has 0 aliphatic rings. The number of aliphatic imine (C=N–C) groups is 1. The van der Waals surface area contributed by atoms with Crippen LogP contribution in [0.1, 0.15) is 53.0 Å². The van der Waals surface area contributed by atoms with Gasteiger partial charge in [-0.1, -0.05) is 32.9 Å². The van der Waals surface area contributed by atoms with E-state index in [2.05, 4.69) is 43.3 Å². The van der Waals surface area contributed by atoms with E-state index < -0.39 is 10.0 Å². The third kappa shape index (κ3) is 8.88. The third-order valence-electron chi connectivity index (χ3n) is 3.70. The van der Waals surface area contributed by atoms with Crippen molar-refractivity contribution in [2.45, 2.75) is 64.9 Å². The molecule has 1 aromatic rings. The van der Waals surface area contributed by atoms with Crippen LogP contribution >= 0.6 is 0 Å². The summed E-state index contributed by atoms with van der Waals surface area (Å²) in [7, 11) is -3.69. The largest absolute Gasteiger partial charge is 0.357 e. The summed E-state index contributed by atoms with van der Waals surface area (Å²) >= 11 is 0. The zero-order chi connectivity index (χ0) is 19.1. The van der Waals surface area contributed by atoms with Crippen LogP contribution in [0.4, 0.5) is 0 Å². The molecule has 0 spiro atoms. The van der Waals surface area contributed by atoms with Gasteiger partial charge in [0.05, 0.1) is 11.4 Å². The van der Waals surface area contributed by atoms with Crippen molar-refractivity contribution in [3.8, 4) is 0 Å². The molecule has 0 aliphatic carbocycles. The Morgan fingerprint density at radius 1 is 1.32 bits per heavy atom. The molecule has 1 atom stereocenters. The number of nitrogens with zero attached hydrogens (tertiary/aromatic N) is 1. The van der Waals surface area contributed by atoms with Crippen LogP contribution in [-0.4, -0.2) is 27.0 Å². The number of primary sulfonamides is 1. The molecule has 0 fully saturated rings. The lowest BCUT2D eigenvalue weighted by Crippen LogP contribution is -2.42. The zero-order valence-corrected chi connectivity index (χ0v) is 16.8. The van der Waals surface area contributed by atoms with Crippen LogP contribution < -0.4 is 15.8 Å². The van der Waals surface area contributed by atoms with Crippen molar-refractivity contribution in [3.05, 3.63) is 29.8 Å². The molecule has 0 aromatic heterocycles. The lowest BCUT2D eigenvalue weighted by atomic mass is 9.89. The highest BCUT2D eigenvalue weighted by Gasteiger charge is 2.13. The Kier molecular flexibility index (Phi) is 7.89. The van der Waals surface area contributed by atoms with Crippen LogP contribution in [-0.2, 0) is 16.6 Å². The van der Waals surface area contributed by atoms with E-state index in [0.29, 0.717) is 18.0 Å². The predicted octanol–water partition coefficient (Wildman–Crippen LogP) is 2.60. The molecule has 6 nitrogen and oxygen atoms in total. The minimum atomic E-state index is -3.69. The summed E-state index contributed by atoms with van der Waals surface area (Å²) in [6.45, 7) is 12.0. The first-order chi connectivity index (χ1) is 11.5. The highest BCUT2D eigenvalue weighted by molar-refractivity contribution is 7.89. The summed E-state index contributed by atoms with van der Waals surface area (Å²) in [5.41, 5.74) is 1.10. The molecule has 1 aromatic carbocycles. The number of hydrogen-bond donors (Lipinski definition) is 3. The van der Waals surface area contributed by atoms with Gasteiger partial charge in [0, 0.05) is 12.6 Å². The minimum absolute atomic E-state index is 0.108. The highest BCUT2D eigenvalue weighted by Crippen LogP contribution is 2.21. The van der Waals surface area contributed by atoms with E-state index in [4.69, 9.17) is 5.14 Å². The molecule has 0 bridgehead atoms. The van der Waals surface area contributed by atoms with Crippen LogP contribution in [0.15, 0.2) is 34.2 Å². The number of nitrogens with one attached hydrogen (secondary N) is 2. The average molecular weight is 369 g/mol. The van der Waals surface area contributed by atoms with Gasteiger partial charge in [0.2, 0.25) is 10.0 Å². The Morgan fingerprint density at radius 2 is 2.00 bits per heavy atom. The van der Waals surface area contributed by atoms with Crippen molar-refractivity contribution in [2.24, 2.45) is 15.5 Å². The molecule has 0 amide bonds. The Hall–Kier alpha value is -1.60. The monoisotopic (exact) mass is 368 g/mol. The number of hydrogen-bond acceptors (Lipinski definition) is 3. The molecular weight excluding hydrogens is 336 g/mol. The molecule has 1 rings (SSSR count). The van der Waals surface area contributed by atoms with Crippen molar-refractivity contribution in [1.29, 1.82) is 0 Å². The number of nitrogens with two attached hydrogens (primary N) is 1. The summed E-state index contributed by atoms with van der Waals surface area (Å²) in [4.78, 5) is 4.66. The van der Waals surface area contributed by atoms with Gasteiger partial charge < -0.3 is 10.6 Å². The molecular formula is C18H32N4O2S. The normalized spacial score (nSPS) is 14.2. The second-order valence-electron chi connectivity index (χ2n) is 7.53. The second-order valence-corrected chi connectivity index (χ2v) is 9.09. The zero-order valence-electron chi connectivity index (χ0n) is 16.0. The first-order valence-corrected chi connectivity index (χ1v) is 10.2. The predicted molar refractivity (Wildman–Crippen MR) is 104 cm³/mol. The van der Waals surface area contributed by atoms with Crippen molar-refractivity contribution in [1.82, 2.24) is 10.6 Å². The lowest BCUT2D eigenvalue weighted by Gasteiger charge is -2.23. The molecule has 0 aliphatic heterocycles. The van der Waals surface area contributed by atoms with Gasteiger partial charge >= 0.3 is 0 Å². The Balaban J connectivity index is 2.75. The van der Waals surface area contributed by atoms with Crippen LogP contribution in [0.25, 0.3) is 0 Å². The van der Waals surface area contributed by atoms with Gasteiger partial charge in [0.25, 0.3) is 0 Å². The summed E-state index contributed by atoms with van der Waals surface area (Å²) in [6, 6.07) is 6.86. The fourth-order valence-electron chi connectivity index (χ4n) is 2.27. The van der Waals surface area contributed by atoms with E-state index in [0.717, 1.165) is 30.9 Å². The van der Waals surface area contributed by atoms with Gasteiger partial charge in [-0.3, -0.25) is 0 Å². The average Bonchev–Trinajstić information content (AvgIpc) is 2.50. The molecule has 142 valence electrons. The molecule has 0 saturated heterocycles. The molecule has 0 saturated carbocycles. The van der Waals surface area contributed by atoms with Gasteiger partial charge in [0.1, 0.15) is 0 Å². The van der Waals surface area contributed by atoms with Gasteiger partial charge in [-0.2, -0.15) is 0 Å². The SMILES string of the molecule is CCNC(=NCc1cccc(S(N)(=O)=O)c1)NC(C)CCC(C)(C)C. The number of sulfonamides is 1. The summed E-state index contributed by atoms with van der Waals surface area (Å²) < 4.78 is 22.9. The fourth-order valence-corrected chi connectivity index (χ4v) is 2.85. The summed E-state index contributed by atoms with van der Waals surface area (Å²) in [6.07, 6.45) is 2.17. The van der Waals surface area contributed by atoms with Crippen molar-refractivity contribution in [2.75, 3.05) is 6.54 Å². The maximum Gasteiger partial charge on any atom is 0.238 e. The molecule has 1 unspecified atom stereocenters. The van der Waals surface area contributed by atoms with E-state index >= 15 is 0 Å². The van der Waals surface area contributed by atoms with Gasteiger partial charge in [0.15, 0.2) is 5.96 Å². The van der Waals surface area contributed by atoms with Gasteiger partial charge in [-0.05, 0) is 49.8 Å². The van der Waals surface area contributed by atoms with E-state index in [-0.39, 0.29) is 4.90 Å². The second kappa shape index (κ2) is 9.20. The van der Waals surface area contributed by atoms with Crippen LogP contribution in [0, 0.1) is 5.41 Å². The Morgan fingerprint density at radius 3 is 2.56 bits per heavy atom. The maximum absolute atomic E-state index is 11.4. The Labute approximate surface area is 152 Å². The molecule has 4 N–H and O–H groups in total. The van der Waals surface area contributed by atoms with E-state index in [1.54, 1.807) is 12.1 Å². The van der Waals surface area contributed by atoms with Crippen LogP contribution in [0.2, 0.25) is 0 Å².